The molecule has 1 saturated heterocycles. The number of rotatable bonds is 74. The van der Waals surface area contributed by atoms with Crippen molar-refractivity contribution in [2.45, 2.75) is 321 Å². The van der Waals surface area contributed by atoms with E-state index in [-0.39, 0.29) is 207 Å². The highest BCUT2D eigenvalue weighted by Crippen LogP contribution is 2.26. The summed E-state index contributed by atoms with van der Waals surface area (Å²) in [6, 6.07) is -6.92. The van der Waals surface area contributed by atoms with E-state index in [1.165, 1.54) is 83.0 Å². The van der Waals surface area contributed by atoms with Crippen LogP contribution in [0.3, 0.4) is 0 Å². The summed E-state index contributed by atoms with van der Waals surface area (Å²) in [7, 11) is 1.51. The second-order valence-corrected chi connectivity index (χ2v) is 34.7. The van der Waals surface area contributed by atoms with Gasteiger partial charge in [0.2, 0.25) is 65.0 Å². The first kappa shape index (κ1) is 118. The van der Waals surface area contributed by atoms with Crippen LogP contribution >= 0.6 is 0 Å². The van der Waals surface area contributed by atoms with Crippen molar-refractivity contribution in [1.82, 2.24) is 46.8 Å². The fraction of sp³-hybridized carbons (Fsp3) is 0.727. The maximum atomic E-state index is 14.5. The van der Waals surface area contributed by atoms with E-state index in [0.717, 1.165) is 25.7 Å². The number of ketones is 5. The van der Waals surface area contributed by atoms with Crippen LogP contribution in [0.2, 0.25) is 0 Å². The van der Waals surface area contributed by atoms with Crippen LogP contribution in [-0.2, 0) is 83.1 Å². The standard InChI is InChI=1S/C45H79N17O11.C43H79N11O5/c1-24(11-14-35(46)66)32(63)21-25(2)39(70)59-28(12-15-36(47)67)34(65)23-27(8-4-18-57-44(52)53)40(71)61-30(9-5-19-58-45(54)55)42(73)62-20-6-10-31(62)41(72)60-29(13-16-37(48)68)33(64)22-26(38(49)69)7-3-17-56-43(50)51;1-5-6-7-8-9-10-11-12-13-14-15-16-17-22-39(57)53-36(28-34-29-49-30-52-34)38(56)27-33(21-19-24-51-43(46)47)41(59)54-35(25-31(2)3)37(55)26-32(40(58)48-4)20-18-23-50-42(44)45/h24-31H,3-23H2,1-2H3,(H2,46,66)(H2,47,67)(H2,48,68)(H2,49,69)(H,59,70)(H,60,72)(H,61,71)(H4,50,51,56)(H4,52,53,57)(H4,54,55,58);29-33,35-36H,5-28H2,1-4H3,(H,48,58)(H,49,52)(H,53,57)(H,54,59)(H4,44,45,50)(H4,46,47,51)/t24-,25+,26+,27+,28-,29-,30-,31-;32-,33-,35+,36+/m01/s1. The molecule has 0 saturated carbocycles. The lowest BCUT2D eigenvalue weighted by molar-refractivity contribution is -0.143. The molecule has 1 aromatic heterocycles. The Morgan fingerprint density at radius 2 is 0.788 bits per heavy atom. The van der Waals surface area contributed by atoms with E-state index in [2.05, 4.69) is 73.8 Å². The van der Waals surface area contributed by atoms with Crippen molar-refractivity contribution in [2.75, 3.05) is 46.3 Å². The first-order valence-corrected chi connectivity index (χ1v) is 46.5. The Kier molecular flexibility index (Phi) is 61.0. The summed E-state index contributed by atoms with van der Waals surface area (Å²) in [5.74, 6) is -14.9. The molecular formula is C88H158N28O16. The fourth-order valence-electron chi connectivity index (χ4n) is 15.2. The van der Waals surface area contributed by atoms with Crippen molar-refractivity contribution >= 4 is 124 Å². The lowest BCUT2D eigenvalue weighted by Crippen LogP contribution is -2.56. The SMILES string of the molecule is CCCCCCCCCCCCCCCC(=O)N[C@@H](Cc1cnc[nH]1)C(=O)C[C@@H](CCCN=C(N)N)C(=O)N[C@@H](CC(C)C)C(=O)C[C@@H](CCCN=C(N)N)C(=O)NC.C[C@H](CC(=O)[C@@H](C)CCC(N)=O)C(=O)N[C@@H](CCC(N)=O)C(=O)C[C@@H](CCCN=C(N)N)C(=O)N[C@@H](CCCN=C(N)N)C(=O)N1CCC[C@H]1C(=O)N[C@@H](CCC(N)=O)C(=O)C[C@@H](CCCN=C(N)N)C(N)=O. The average molecular weight is 1860 g/mol. The number of aromatic nitrogens is 2. The summed E-state index contributed by atoms with van der Waals surface area (Å²) >= 11 is 0. The van der Waals surface area contributed by atoms with E-state index < -0.39 is 149 Å². The molecule has 2 rings (SSSR count). The van der Waals surface area contributed by atoms with Crippen molar-refractivity contribution in [3.8, 4) is 0 Å². The number of likely N-dealkylation sites (tertiary alicyclic amines) is 1. The van der Waals surface area contributed by atoms with E-state index in [4.69, 9.17) is 80.3 Å². The molecule has 35 N–H and O–H groups in total. The third-order valence-corrected chi connectivity index (χ3v) is 22.7. The zero-order valence-corrected chi connectivity index (χ0v) is 78.7. The number of carbonyl (C=O) groups excluding carboxylic acids is 16. The van der Waals surface area contributed by atoms with Crippen LogP contribution in [-0.4, -0.2) is 221 Å². The number of carbonyl (C=O) groups is 16. The number of aromatic amines is 1. The molecule has 0 unspecified atom stereocenters. The van der Waals surface area contributed by atoms with Gasteiger partial charge in [-0.2, -0.15) is 0 Å². The van der Waals surface area contributed by atoms with Gasteiger partial charge in [0, 0.05) is 158 Å². The molecule has 0 spiro atoms. The number of hydrogen-bond donors (Lipinski definition) is 21. The summed E-state index contributed by atoms with van der Waals surface area (Å²) in [6.07, 6.45) is 19.8. The molecule has 11 amide bonds. The van der Waals surface area contributed by atoms with Crippen molar-refractivity contribution in [1.29, 1.82) is 0 Å². The predicted molar refractivity (Wildman–Crippen MR) is 505 cm³/mol. The van der Waals surface area contributed by atoms with E-state index in [1.807, 2.05) is 13.8 Å². The van der Waals surface area contributed by atoms with Crippen molar-refractivity contribution in [3.05, 3.63) is 18.2 Å². The van der Waals surface area contributed by atoms with Crippen LogP contribution in [0.5, 0.6) is 0 Å². The Balaban J connectivity index is 0.00000135. The maximum Gasteiger partial charge on any atom is 0.245 e. The van der Waals surface area contributed by atoms with E-state index >= 15 is 0 Å². The zero-order chi connectivity index (χ0) is 99.2. The van der Waals surface area contributed by atoms with Gasteiger partial charge >= 0.3 is 0 Å². The number of nitrogens with zero attached hydrogens (tertiary/aromatic N) is 7. The molecule has 0 bridgehead atoms. The highest BCUT2D eigenvalue weighted by molar-refractivity contribution is 5.99. The number of aliphatic imine (C=N–C) groups is 5. The Morgan fingerprint density at radius 3 is 1.20 bits per heavy atom. The van der Waals surface area contributed by atoms with Gasteiger partial charge in [0.25, 0.3) is 0 Å². The van der Waals surface area contributed by atoms with E-state index in [0.29, 0.717) is 57.2 Å². The molecule has 1 aliphatic rings. The molecule has 12 atom stereocenters. The predicted octanol–water partition coefficient (Wildman–Crippen LogP) is -0.290. The summed E-state index contributed by atoms with van der Waals surface area (Å²) in [4.78, 5) is 240. The van der Waals surface area contributed by atoms with Gasteiger partial charge in [-0.15, -0.1) is 0 Å². The van der Waals surface area contributed by atoms with Gasteiger partial charge in [-0.3, -0.25) is 102 Å². The van der Waals surface area contributed by atoms with Crippen LogP contribution in [0.15, 0.2) is 37.5 Å². The smallest absolute Gasteiger partial charge is 0.245 e. The molecule has 0 aliphatic carbocycles. The normalized spacial score (nSPS) is 14.7. The Labute approximate surface area is 776 Å². The van der Waals surface area contributed by atoms with Gasteiger partial charge in [-0.1, -0.05) is 112 Å². The Bertz CT molecular complexity index is 3910. The quantitative estimate of drug-likeness (QED) is 0.0226. The summed E-state index contributed by atoms with van der Waals surface area (Å²) in [5.41, 5.74) is 76.9. The van der Waals surface area contributed by atoms with E-state index in [1.54, 1.807) is 13.1 Å². The Morgan fingerprint density at radius 1 is 0.402 bits per heavy atom. The highest BCUT2D eigenvalue weighted by Gasteiger charge is 2.41. The molecule has 0 aromatic carbocycles. The molecular weight excluding hydrogens is 1710 g/mol. The number of H-pyrrole nitrogens is 1. The second kappa shape index (κ2) is 68.2. The van der Waals surface area contributed by atoms with Crippen LogP contribution in [0.25, 0.3) is 0 Å². The number of imidazole rings is 1. The number of nitrogens with two attached hydrogens (primary N) is 14. The minimum atomic E-state index is -1.34. The molecule has 44 heteroatoms. The Hall–Kier alpha value is -11.9. The monoisotopic (exact) mass is 1860 g/mol. The lowest BCUT2D eigenvalue weighted by Gasteiger charge is -2.31. The molecule has 132 heavy (non-hydrogen) atoms. The van der Waals surface area contributed by atoms with Crippen LogP contribution in [0, 0.1) is 41.4 Å². The molecule has 1 aromatic rings. The minimum absolute atomic E-state index is 0.0177. The third-order valence-electron chi connectivity index (χ3n) is 22.7. The van der Waals surface area contributed by atoms with Crippen molar-refractivity contribution in [3.63, 3.8) is 0 Å². The van der Waals surface area contributed by atoms with Gasteiger partial charge in [0.15, 0.2) is 52.9 Å². The van der Waals surface area contributed by atoms with Gasteiger partial charge in [-0.05, 0) is 115 Å². The second-order valence-electron chi connectivity index (χ2n) is 34.7. The minimum Gasteiger partial charge on any atom is -0.370 e. The van der Waals surface area contributed by atoms with Gasteiger partial charge in [0.1, 0.15) is 17.9 Å². The van der Waals surface area contributed by atoms with Gasteiger partial charge in [0.05, 0.1) is 30.5 Å². The molecule has 44 nitrogen and oxygen atoms in total. The number of primary amides is 4. The fourth-order valence-corrected chi connectivity index (χ4v) is 15.2. The maximum absolute atomic E-state index is 14.5. The molecule has 0 radical (unpaired) electrons. The number of amides is 11. The largest absolute Gasteiger partial charge is 0.370 e. The molecule has 1 aliphatic heterocycles. The summed E-state index contributed by atoms with van der Waals surface area (Å²) < 4.78 is 0. The lowest BCUT2D eigenvalue weighted by atomic mass is 9.88. The van der Waals surface area contributed by atoms with Gasteiger partial charge < -0.3 is 122 Å². The summed E-state index contributed by atoms with van der Waals surface area (Å²) in [6.45, 7) is 10.0. The van der Waals surface area contributed by atoms with Crippen LogP contribution in [0.1, 0.15) is 284 Å². The van der Waals surface area contributed by atoms with Gasteiger partial charge in [-0.25, -0.2) is 4.98 Å². The number of guanidine groups is 5. The van der Waals surface area contributed by atoms with Crippen molar-refractivity contribution < 1.29 is 76.7 Å². The third kappa shape index (κ3) is 54.7. The highest BCUT2D eigenvalue weighted by atomic mass is 16.2. The molecule has 2 heterocycles. The first-order valence-electron chi connectivity index (χ1n) is 46.5. The molecule has 1 fully saturated rings. The van der Waals surface area contributed by atoms with Crippen molar-refractivity contribution in [2.24, 2.45) is 147 Å². The van der Waals surface area contributed by atoms with Crippen LogP contribution in [0.4, 0.5) is 0 Å². The average Bonchev–Trinajstić information content (AvgIpc) is 1.66. The van der Waals surface area contributed by atoms with Crippen LogP contribution < -0.4 is 112 Å². The topological polar surface area (TPSA) is 803 Å². The number of unbranched alkanes of at least 4 members (excludes halogenated alkanes) is 12. The number of Topliss-reactive ketones (excluding diaryl/α,β-unsaturated/α-hetero) is 5. The number of hydrogen-bond acceptors (Lipinski definition) is 22. The first-order chi connectivity index (χ1) is 62.5. The molecule has 746 valence electrons. The zero-order valence-electron chi connectivity index (χ0n) is 78.7. The number of nitrogens with one attached hydrogen (secondary N) is 7. The summed E-state index contributed by atoms with van der Waals surface area (Å²) in [5, 5.41) is 16.4. The van der Waals surface area contributed by atoms with E-state index in [9.17, 15) is 76.7 Å².